The van der Waals surface area contributed by atoms with E-state index >= 15 is 0 Å². The molecule has 90 valence electrons. The first-order valence-electron chi connectivity index (χ1n) is 5.96. The monoisotopic (exact) mass is 231 g/mol. The largest absolute Gasteiger partial charge is 0.450 e. The van der Waals surface area contributed by atoms with Crippen molar-refractivity contribution in [1.29, 1.82) is 0 Å². The van der Waals surface area contributed by atoms with Crippen molar-refractivity contribution >= 4 is 6.09 Å². The Morgan fingerprint density at radius 2 is 2.12 bits per heavy atom. The van der Waals surface area contributed by atoms with Gasteiger partial charge in [0.1, 0.15) is 0 Å². The summed E-state index contributed by atoms with van der Waals surface area (Å²) in [5.41, 5.74) is 1.16. The van der Waals surface area contributed by atoms with E-state index in [1.165, 1.54) is 0 Å². The highest BCUT2D eigenvalue weighted by atomic mass is 16.6. The van der Waals surface area contributed by atoms with Crippen LogP contribution in [0.2, 0.25) is 0 Å². The minimum atomic E-state index is -0.231. The summed E-state index contributed by atoms with van der Waals surface area (Å²) in [5.74, 6) is 0. The van der Waals surface area contributed by atoms with Crippen LogP contribution in [0.5, 0.6) is 0 Å². The van der Waals surface area contributed by atoms with Gasteiger partial charge < -0.3 is 4.74 Å². The molecule has 0 aliphatic carbocycles. The topological polar surface area (TPSA) is 29.5 Å². The molecule has 1 aromatic carbocycles. The summed E-state index contributed by atoms with van der Waals surface area (Å²) in [5, 5.41) is 0. The predicted octanol–water partition coefficient (Wildman–Crippen LogP) is 3.15. The Kier molecular flexibility index (Phi) is 3.81. The van der Waals surface area contributed by atoms with Gasteiger partial charge in [-0.05, 0) is 18.9 Å². The molecule has 1 aliphatic rings. The smallest absolute Gasteiger partial charge is 0.410 e. The highest BCUT2D eigenvalue weighted by molar-refractivity contribution is 5.69. The molecule has 1 aliphatic heterocycles. The minimum absolute atomic E-state index is 0.0975. The number of carbonyl (C=O) groups excluding carboxylic acids is 1. The van der Waals surface area contributed by atoms with Crippen molar-refractivity contribution in [2.45, 2.75) is 19.4 Å². The number of hydrogen-bond acceptors (Lipinski definition) is 2. The van der Waals surface area contributed by atoms with Gasteiger partial charge in [0.2, 0.25) is 0 Å². The number of benzene rings is 1. The quantitative estimate of drug-likeness (QED) is 0.732. The lowest BCUT2D eigenvalue weighted by atomic mass is 10.00. The predicted molar refractivity (Wildman–Crippen MR) is 66.7 cm³/mol. The van der Waals surface area contributed by atoms with Crippen LogP contribution < -0.4 is 0 Å². The summed E-state index contributed by atoms with van der Waals surface area (Å²) < 4.78 is 5.09. The lowest BCUT2D eigenvalue weighted by Gasteiger charge is -2.32. The number of rotatable bonds is 2. The first-order chi connectivity index (χ1) is 8.33. The maximum Gasteiger partial charge on any atom is 0.410 e. The molecule has 1 amide bonds. The van der Waals surface area contributed by atoms with E-state index in [2.05, 4.69) is 18.2 Å². The Balaban J connectivity index is 2.19. The molecular formula is C14H17NO2. The van der Waals surface area contributed by atoms with Crippen LogP contribution in [-0.4, -0.2) is 24.1 Å². The van der Waals surface area contributed by atoms with Gasteiger partial charge in [-0.25, -0.2) is 4.79 Å². The van der Waals surface area contributed by atoms with Gasteiger partial charge in [0.25, 0.3) is 0 Å². The van der Waals surface area contributed by atoms with Gasteiger partial charge in [-0.15, -0.1) is 0 Å². The molecule has 1 atom stereocenters. The average molecular weight is 231 g/mol. The summed E-state index contributed by atoms with van der Waals surface area (Å²) in [6, 6.07) is 10.2. The maximum absolute atomic E-state index is 11.9. The van der Waals surface area contributed by atoms with Crippen molar-refractivity contribution in [3.05, 3.63) is 48.0 Å². The molecule has 3 nitrogen and oxygen atoms in total. The van der Waals surface area contributed by atoms with Crippen molar-refractivity contribution in [1.82, 2.24) is 4.90 Å². The van der Waals surface area contributed by atoms with Crippen LogP contribution in [-0.2, 0) is 4.74 Å². The van der Waals surface area contributed by atoms with E-state index in [1.807, 2.05) is 31.2 Å². The van der Waals surface area contributed by atoms with Crippen molar-refractivity contribution < 1.29 is 9.53 Å². The van der Waals surface area contributed by atoms with Gasteiger partial charge in [-0.1, -0.05) is 42.5 Å². The fraction of sp³-hybridized carbons (Fsp3) is 0.357. The molecule has 0 saturated heterocycles. The number of hydrogen-bond donors (Lipinski definition) is 0. The third kappa shape index (κ3) is 2.67. The number of carbonyl (C=O) groups is 1. The summed E-state index contributed by atoms with van der Waals surface area (Å²) in [4.78, 5) is 13.6. The molecule has 3 heteroatoms. The zero-order valence-electron chi connectivity index (χ0n) is 10.0. The Bertz CT molecular complexity index is 400. The molecule has 0 spiro atoms. The first-order valence-corrected chi connectivity index (χ1v) is 5.96. The van der Waals surface area contributed by atoms with E-state index in [9.17, 15) is 4.79 Å². The van der Waals surface area contributed by atoms with Crippen LogP contribution >= 0.6 is 0 Å². The zero-order valence-corrected chi connectivity index (χ0v) is 10.0. The zero-order chi connectivity index (χ0) is 12.1. The van der Waals surface area contributed by atoms with Gasteiger partial charge >= 0.3 is 6.09 Å². The molecule has 0 saturated carbocycles. The fourth-order valence-corrected chi connectivity index (χ4v) is 2.07. The summed E-state index contributed by atoms with van der Waals surface area (Å²) in [6.45, 7) is 2.87. The lowest BCUT2D eigenvalue weighted by Crippen LogP contribution is -2.37. The minimum Gasteiger partial charge on any atom is -0.450 e. The second kappa shape index (κ2) is 5.53. The second-order valence-electron chi connectivity index (χ2n) is 3.98. The van der Waals surface area contributed by atoms with Gasteiger partial charge in [0, 0.05) is 6.54 Å². The molecule has 0 aromatic heterocycles. The van der Waals surface area contributed by atoms with Gasteiger partial charge in [0.05, 0.1) is 12.6 Å². The fourth-order valence-electron chi connectivity index (χ4n) is 2.07. The van der Waals surface area contributed by atoms with Crippen LogP contribution in [0.4, 0.5) is 4.79 Å². The standard InChI is InChI=1S/C14H17NO2/c1-2-17-14(16)15-11-7-6-10-13(15)12-8-4-3-5-9-12/h3-9,13H,2,10-11H2,1H3. The van der Waals surface area contributed by atoms with Gasteiger partial charge in [0.15, 0.2) is 0 Å². The summed E-state index contributed by atoms with van der Waals surface area (Å²) >= 11 is 0. The van der Waals surface area contributed by atoms with Crippen LogP contribution in [0.1, 0.15) is 24.9 Å². The third-order valence-corrected chi connectivity index (χ3v) is 2.89. The van der Waals surface area contributed by atoms with Crippen molar-refractivity contribution in [2.75, 3.05) is 13.2 Å². The van der Waals surface area contributed by atoms with Crippen molar-refractivity contribution in [3.63, 3.8) is 0 Å². The molecule has 17 heavy (non-hydrogen) atoms. The molecule has 0 bridgehead atoms. The molecule has 0 N–H and O–H groups in total. The molecule has 0 radical (unpaired) electrons. The Labute approximate surface area is 102 Å². The Hall–Kier alpha value is -1.77. The molecule has 1 unspecified atom stereocenters. The van der Waals surface area contributed by atoms with Crippen molar-refractivity contribution in [3.8, 4) is 0 Å². The molecule has 0 fully saturated rings. The van der Waals surface area contributed by atoms with Gasteiger partial charge in [-0.3, -0.25) is 4.90 Å². The van der Waals surface area contributed by atoms with E-state index in [-0.39, 0.29) is 12.1 Å². The lowest BCUT2D eigenvalue weighted by molar-refractivity contribution is 0.0932. The molecule has 1 aromatic rings. The van der Waals surface area contributed by atoms with E-state index in [1.54, 1.807) is 4.90 Å². The maximum atomic E-state index is 11.9. The summed E-state index contributed by atoms with van der Waals surface area (Å²) in [7, 11) is 0. The van der Waals surface area contributed by atoms with E-state index < -0.39 is 0 Å². The van der Waals surface area contributed by atoms with Crippen LogP contribution in [0, 0.1) is 0 Å². The van der Waals surface area contributed by atoms with Crippen LogP contribution in [0.15, 0.2) is 42.5 Å². The number of amides is 1. The highest BCUT2D eigenvalue weighted by Gasteiger charge is 2.26. The number of ether oxygens (including phenoxy) is 1. The Morgan fingerprint density at radius 1 is 1.35 bits per heavy atom. The summed E-state index contributed by atoms with van der Waals surface area (Å²) in [6.07, 6.45) is 4.75. The third-order valence-electron chi connectivity index (χ3n) is 2.89. The second-order valence-corrected chi connectivity index (χ2v) is 3.98. The van der Waals surface area contributed by atoms with E-state index in [0.29, 0.717) is 13.2 Å². The first kappa shape index (κ1) is 11.7. The number of nitrogens with zero attached hydrogens (tertiary/aromatic N) is 1. The van der Waals surface area contributed by atoms with E-state index in [0.717, 1.165) is 12.0 Å². The van der Waals surface area contributed by atoms with Crippen molar-refractivity contribution in [2.24, 2.45) is 0 Å². The Morgan fingerprint density at radius 3 is 2.82 bits per heavy atom. The van der Waals surface area contributed by atoms with E-state index in [4.69, 9.17) is 4.74 Å². The SMILES string of the molecule is CCOC(=O)N1CC=CCC1c1ccccc1. The molecular weight excluding hydrogens is 214 g/mol. The highest BCUT2D eigenvalue weighted by Crippen LogP contribution is 2.28. The molecule has 1 heterocycles. The molecule has 2 rings (SSSR count). The van der Waals surface area contributed by atoms with Crippen LogP contribution in [0.3, 0.4) is 0 Å². The average Bonchev–Trinajstić information content (AvgIpc) is 2.40. The van der Waals surface area contributed by atoms with Crippen LogP contribution in [0.25, 0.3) is 0 Å². The van der Waals surface area contributed by atoms with Gasteiger partial charge in [-0.2, -0.15) is 0 Å². The normalized spacial score (nSPS) is 19.1.